The lowest BCUT2D eigenvalue weighted by Crippen LogP contribution is -2.40. The Bertz CT molecular complexity index is 647. The zero-order valence-electron chi connectivity index (χ0n) is 12.8. The molecule has 1 atom stereocenters. The number of rotatable bonds is 5. The van der Waals surface area contributed by atoms with Crippen LogP contribution in [0, 0.1) is 0 Å². The van der Waals surface area contributed by atoms with Gasteiger partial charge in [0.25, 0.3) is 0 Å². The number of nitrogens with zero attached hydrogens (tertiary/aromatic N) is 2. The number of hydrogen-bond acceptors (Lipinski definition) is 5. The molecule has 23 heavy (non-hydrogen) atoms. The average molecular weight is 332 g/mol. The van der Waals surface area contributed by atoms with Crippen LogP contribution in [-0.4, -0.2) is 41.7 Å². The lowest BCUT2D eigenvalue weighted by Gasteiger charge is -2.17. The summed E-state index contributed by atoms with van der Waals surface area (Å²) in [6, 6.07) is 9.66. The number of para-hydroxylation sites is 1. The molecule has 0 unspecified atom stereocenters. The van der Waals surface area contributed by atoms with Crippen LogP contribution in [0.4, 0.5) is 9.93 Å². The van der Waals surface area contributed by atoms with Gasteiger partial charge < -0.3 is 20.7 Å². The third-order valence-electron chi connectivity index (χ3n) is 3.71. The van der Waals surface area contributed by atoms with Gasteiger partial charge in [-0.15, -0.1) is 11.3 Å². The van der Waals surface area contributed by atoms with Crippen LogP contribution in [0.2, 0.25) is 0 Å². The summed E-state index contributed by atoms with van der Waals surface area (Å²) in [6.45, 7) is 1.89. The van der Waals surface area contributed by atoms with Gasteiger partial charge >= 0.3 is 6.03 Å². The van der Waals surface area contributed by atoms with Crippen molar-refractivity contribution >= 4 is 22.5 Å². The van der Waals surface area contributed by atoms with Crippen molar-refractivity contribution < 1.29 is 9.53 Å². The molecule has 1 aliphatic heterocycles. The Morgan fingerprint density at radius 3 is 3.00 bits per heavy atom. The first-order chi connectivity index (χ1) is 11.2. The van der Waals surface area contributed by atoms with Crippen molar-refractivity contribution in [2.45, 2.75) is 18.9 Å². The number of nitrogens with two attached hydrogens (primary N) is 1. The molecule has 7 heteroatoms. The Hall–Kier alpha value is -2.28. The van der Waals surface area contributed by atoms with Crippen LogP contribution in [0.3, 0.4) is 0 Å². The molecular formula is C16H20N4O2S. The van der Waals surface area contributed by atoms with Gasteiger partial charge in [-0.1, -0.05) is 18.2 Å². The minimum Gasteiger partial charge on any atom is -0.489 e. The van der Waals surface area contributed by atoms with E-state index in [9.17, 15) is 4.79 Å². The fourth-order valence-corrected chi connectivity index (χ4v) is 3.14. The topological polar surface area (TPSA) is 80.5 Å². The van der Waals surface area contributed by atoms with Gasteiger partial charge in [-0.2, -0.15) is 0 Å². The minimum absolute atomic E-state index is 0.0487. The highest BCUT2D eigenvalue weighted by atomic mass is 32.1. The number of carbonyl (C=O) groups excluding carboxylic acids is 1. The monoisotopic (exact) mass is 332 g/mol. The summed E-state index contributed by atoms with van der Waals surface area (Å²) >= 11 is 1.42. The van der Waals surface area contributed by atoms with E-state index in [1.807, 2.05) is 35.7 Å². The first-order valence-corrected chi connectivity index (χ1v) is 8.53. The van der Waals surface area contributed by atoms with Crippen molar-refractivity contribution in [3.63, 3.8) is 0 Å². The van der Waals surface area contributed by atoms with Crippen LogP contribution in [0.1, 0.15) is 12.1 Å². The second-order valence-electron chi connectivity index (χ2n) is 5.45. The van der Waals surface area contributed by atoms with Crippen molar-refractivity contribution in [3.8, 4) is 5.75 Å². The van der Waals surface area contributed by atoms with Crippen molar-refractivity contribution in [2.75, 3.05) is 25.4 Å². The smallest absolute Gasteiger partial charge is 0.317 e. The number of hydrogen-bond donors (Lipinski definition) is 2. The Morgan fingerprint density at radius 1 is 1.43 bits per heavy atom. The fraction of sp³-hybridized carbons (Fsp3) is 0.375. The van der Waals surface area contributed by atoms with E-state index in [-0.39, 0.29) is 12.1 Å². The molecule has 2 aromatic rings. The van der Waals surface area contributed by atoms with Gasteiger partial charge in [0, 0.05) is 31.3 Å². The van der Waals surface area contributed by atoms with Crippen molar-refractivity contribution in [3.05, 3.63) is 41.4 Å². The van der Waals surface area contributed by atoms with Crippen LogP contribution < -0.4 is 15.8 Å². The Balaban J connectivity index is 1.40. The fourth-order valence-electron chi connectivity index (χ4n) is 2.55. The molecule has 0 saturated carbocycles. The number of nitrogen functional groups attached to an aromatic ring is 1. The summed E-state index contributed by atoms with van der Waals surface area (Å²) in [5.74, 6) is 0.848. The van der Waals surface area contributed by atoms with Gasteiger partial charge in [0.15, 0.2) is 5.13 Å². The predicted molar refractivity (Wildman–Crippen MR) is 90.7 cm³/mol. The van der Waals surface area contributed by atoms with Crippen LogP contribution >= 0.6 is 11.3 Å². The predicted octanol–water partition coefficient (Wildman–Crippen LogP) is 2.13. The number of anilines is 1. The molecular weight excluding hydrogens is 312 g/mol. The molecule has 1 aliphatic rings. The molecule has 3 rings (SSSR count). The van der Waals surface area contributed by atoms with Crippen LogP contribution in [0.5, 0.6) is 5.75 Å². The van der Waals surface area contributed by atoms with Gasteiger partial charge in [-0.25, -0.2) is 9.78 Å². The molecule has 0 aliphatic carbocycles. The normalized spacial score (nSPS) is 17.2. The maximum Gasteiger partial charge on any atom is 0.317 e. The van der Waals surface area contributed by atoms with Gasteiger partial charge in [-0.05, 0) is 12.1 Å². The number of benzene rings is 1. The maximum atomic E-state index is 12.2. The van der Waals surface area contributed by atoms with Gasteiger partial charge in [0.2, 0.25) is 0 Å². The summed E-state index contributed by atoms with van der Waals surface area (Å²) in [5.41, 5.74) is 6.50. The molecule has 3 N–H and O–H groups in total. The van der Waals surface area contributed by atoms with E-state index >= 15 is 0 Å². The first-order valence-electron chi connectivity index (χ1n) is 7.65. The Labute approximate surface area is 139 Å². The first kappa shape index (κ1) is 15.6. The van der Waals surface area contributed by atoms with E-state index in [4.69, 9.17) is 10.5 Å². The Morgan fingerprint density at radius 2 is 2.26 bits per heavy atom. The molecule has 0 spiro atoms. The summed E-state index contributed by atoms with van der Waals surface area (Å²) in [4.78, 5) is 18.1. The van der Waals surface area contributed by atoms with Crippen molar-refractivity contribution in [1.29, 1.82) is 0 Å². The van der Waals surface area contributed by atoms with Gasteiger partial charge in [0.1, 0.15) is 11.9 Å². The Kier molecular flexibility index (Phi) is 4.97. The average Bonchev–Trinajstić information content (AvgIpc) is 3.18. The molecule has 1 aromatic heterocycles. The van der Waals surface area contributed by atoms with E-state index in [1.165, 1.54) is 11.3 Å². The number of nitrogens with one attached hydrogen (secondary N) is 1. The van der Waals surface area contributed by atoms with Crippen LogP contribution in [0.25, 0.3) is 0 Å². The molecule has 1 saturated heterocycles. The summed E-state index contributed by atoms with van der Waals surface area (Å²) in [6.07, 6.45) is 1.60. The van der Waals surface area contributed by atoms with Gasteiger partial charge in [-0.3, -0.25) is 0 Å². The number of likely N-dealkylation sites (tertiary alicyclic amines) is 1. The molecule has 0 radical (unpaired) electrons. The summed E-state index contributed by atoms with van der Waals surface area (Å²) in [7, 11) is 0. The molecule has 2 heterocycles. The number of thiazole rings is 1. The molecule has 122 valence electrons. The highest BCUT2D eigenvalue weighted by Crippen LogP contribution is 2.18. The lowest BCUT2D eigenvalue weighted by molar-refractivity contribution is 0.187. The third-order valence-corrected chi connectivity index (χ3v) is 4.43. The largest absolute Gasteiger partial charge is 0.489 e. The van der Waals surface area contributed by atoms with E-state index in [1.54, 1.807) is 4.90 Å². The van der Waals surface area contributed by atoms with Crippen LogP contribution in [-0.2, 0) is 6.42 Å². The molecule has 1 fully saturated rings. The third kappa shape index (κ3) is 4.35. The summed E-state index contributed by atoms with van der Waals surface area (Å²) < 4.78 is 5.89. The maximum absolute atomic E-state index is 12.2. The van der Waals surface area contributed by atoms with E-state index in [2.05, 4.69) is 10.3 Å². The summed E-state index contributed by atoms with van der Waals surface area (Å²) in [5, 5.41) is 5.40. The van der Waals surface area contributed by atoms with Crippen molar-refractivity contribution in [2.24, 2.45) is 0 Å². The highest BCUT2D eigenvalue weighted by molar-refractivity contribution is 7.13. The zero-order chi connectivity index (χ0) is 16.1. The quantitative estimate of drug-likeness (QED) is 0.879. The number of amides is 2. The second kappa shape index (κ2) is 7.32. The van der Waals surface area contributed by atoms with E-state index in [0.29, 0.717) is 31.2 Å². The molecule has 1 aromatic carbocycles. The molecule has 2 amide bonds. The highest BCUT2D eigenvalue weighted by Gasteiger charge is 2.27. The number of aromatic nitrogens is 1. The number of ether oxygens (including phenoxy) is 1. The van der Waals surface area contributed by atoms with Crippen LogP contribution in [0.15, 0.2) is 35.7 Å². The number of urea groups is 1. The number of carbonyl (C=O) groups is 1. The molecule has 0 bridgehead atoms. The lowest BCUT2D eigenvalue weighted by atomic mass is 10.3. The van der Waals surface area contributed by atoms with Crippen molar-refractivity contribution in [1.82, 2.24) is 15.2 Å². The van der Waals surface area contributed by atoms with E-state index in [0.717, 1.165) is 17.9 Å². The zero-order valence-corrected chi connectivity index (χ0v) is 13.6. The van der Waals surface area contributed by atoms with Gasteiger partial charge in [0.05, 0.1) is 12.2 Å². The van der Waals surface area contributed by atoms with E-state index < -0.39 is 0 Å². The molecule has 6 nitrogen and oxygen atoms in total. The second-order valence-corrected chi connectivity index (χ2v) is 6.34. The SMILES string of the molecule is Nc1nc(CCNC(=O)N2CC[C@H](Oc3ccccc3)C2)cs1. The minimum atomic E-state index is -0.0487. The standard InChI is InChI=1S/C16H20N4O2S/c17-15-19-12(11-23-15)6-8-18-16(21)20-9-7-14(10-20)22-13-4-2-1-3-5-13/h1-5,11,14H,6-10H2,(H2,17,19)(H,18,21)/t14-/m0/s1.